The molecule has 0 N–H and O–H groups in total. The first-order valence-electron chi connectivity index (χ1n) is 9.22. The van der Waals surface area contributed by atoms with E-state index in [4.69, 9.17) is 16.0 Å². The molecule has 1 amide bonds. The van der Waals surface area contributed by atoms with Gasteiger partial charge in [0.15, 0.2) is 5.76 Å². The number of nitrogens with zero attached hydrogens (tertiary/aromatic N) is 3. The van der Waals surface area contributed by atoms with Gasteiger partial charge in [-0.3, -0.25) is 14.7 Å². The Bertz CT molecular complexity index is 951. The molecule has 1 aliphatic heterocycles. The SMILES string of the molecule is Cc1c(C(=O)N2CCN(CCc3ccccn3)CC2)oc2ccc(Cl)cc12.Cl. The van der Waals surface area contributed by atoms with Crippen molar-refractivity contribution in [2.24, 2.45) is 0 Å². The van der Waals surface area contributed by atoms with Crippen molar-refractivity contribution >= 4 is 40.9 Å². The van der Waals surface area contributed by atoms with Crippen molar-refractivity contribution < 1.29 is 9.21 Å². The van der Waals surface area contributed by atoms with Gasteiger partial charge in [-0.05, 0) is 37.3 Å². The Labute approximate surface area is 175 Å². The van der Waals surface area contributed by atoms with E-state index < -0.39 is 0 Å². The van der Waals surface area contributed by atoms with Gasteiger partial charge in [-0.15, -0.1) is 12.4 Å². The van der Waals surface area contributed by atoms with E-state index in [1.54, 1.807) is 6.07 Å². The molecule has 1 saturated heterocycles. The minimum Gasteiger partial charge on any atom is -0.451 e. The van der Waals surface area contributed by atoms with Crippen molar-refractivity contribution in [3.63, 3.8) is 0 Å². The maximum atomic E-state index is 12.9. The predicted molar refractivity (Wildman–Crippen MR) is 113 cm³/mol. The van der Waals surface area contributed by atoms with Gasteiger partial charge in [-0.2, -0.15) is 0 Å². The van der Waals surface area contributed by atoms with E-state index in [1.807, 2.05) is 42.3 Å². The number of carbonyl (C=O) groups is 1. The molecule has 1 aromatic carbocycles. The summed E-state index contributed by atoms with van der Waals surface area (Å²) in [5, 5.41) is 1.55. The first-order valence-corrected chi connectivity index (χ1v) is 9.60. The molecule has 0 unspecified atom stereocenters. The van der Waals surface area contributed by atoms with E-state index in [0.29, 0.717) is 29.5 Å². The summed E-state index contributed by atoms with van der Waals surface area (Å²) in [6, 6.07) is 11.4. The minimum atomic E-state index is -0.0378. The van der Waals surface area contributed by atoms with E-state index in [9.17, 15) is 4.79 Å². The lowest BCUT2D eigenvalue weighted by Gasteiger charge is -2.34. The smallest absolute Gasteiger partial charge is 0.289 e. The molecule has 3 heterocycles. The Balaban J connectivity index is 0.00000225. The second-order valence-electron chi connectivity index (χ2n) is 6.90. The van der Waals surface area contributed by atoms with Crippen LogP contribution in [0.5, 0.6) is 0 Å². The highest BCUT2D eigenvalue weighted by molar-refractivity contribution is 6.31. The van der Waals surface area contributed by atoms with Gasteiger partial charge in [0.2, 0.25) is 0 Å². The summed E-state index contributed by atoms with van der Waals surface area (Å²) in [5.41, 5.74) is 2.66. The lowest BCUT2D eigenvalue weighted by atomic mass is 10.1. The molecule has 1 fully saturated rings. The van der Waals surface area contributed by atoms with Crippen LogP contribution in [-0.4, -0.2) is 53.4 Å². The number of aryl methyl sites for hydroxylation is 1. The number of halogens is 2. The lowest BCUT2D eigenvalue weighted by Crippen LogP contribution is -2.49. The number of hydrogen-bond donors (Lipinski definition) is 0. The highest BCUT2D eigenvalue weighted by Gasteiger charge is 2.26. The maximum absolute atomic E-state index is 12.9. The first kappa shape index (κ1) is 20.6. The molecule has 0 atom stereocenters. The van der Waals surface area contributed by atoms with Crippen LogP contribution in [0.15, 0.2) is 47.0 Å². The van der Waals surface area contributed by atoms with Gasteiger partial charge in [0.05, 0.1) is 0 Å². The molecule has 0 aliphatic carbocycles. The molecule has 1 aliphatic rings. The highest BCUT2D eigenvalue weighted by atomic mass is 35.5. The van der Waals surface area contributed by atoms with Crippen molar-refractivity contribution in [3.05, 3.63) is 64.6 Å². The van der Waals surface area contributed by atoms with Crippen LogP contribution in [0.1, 0.15) is 21.8 Å². The number of furan rings is 1. The number of pyridine rings is 1. The summed E-state index contributed by atoms with van der Waals surface area (Å²) < 4.78 is 5.83. The maximum Gasteiger partial charge on any atom is 0.289 e. The van der Waals surface area contributed by atoms with E-state index in [1.165, 1.54) is 0 Å². The van der Waals surface area contributed by atoms with Crippen LogP contribution in [0, 0.1) is 6.92 Å². The predicted octanol–water partition coefficient (Wildman–Crippen LogP) is 4.21. The largest absolute Gasteiger partial charge is 0.451 e. The molecule has 148 valence electrons. The third kappa shape index (κ3) is 4.32. The minimum absolute atomic E-state index is 0. The van der Waals surface area contributed by atoms with Crippen LogP contribution >= 0.6 is 24.0 Å². The standard InChI is InChI=1S/C21H22ClN3O2.ClH/c1-15-18-14-16(22)5-6-19(18)27-20(15)21(26)25-12-10-24(11-13-25)9-7-17-4-2-3-8-23-17;/h2-6,8,14H,7,9-13H2,1H3;1H. The Kier molecular flexibility index (Phi) is 6.60. The van der Waals surface area contributed by atoms with Crippen LogP contribution in [0.25, 0.3) is 11.0 Å². The van der Waals surface area contributed by atoms with Crippen molar-refractivity contribution in [2.45, 2.75) is 13.3 Å². The number of aromatic nitrogens is 1. The fraction of sp³-hybridized carbons (Fsp3) is 0.333. The Hall–Kier alpha value is -2.08. The summed E-state index contributed by atoms with van der Waals surface area (Å²) in [5.74, 6) is 0.387. The number of carbonyl (C=O) groups excluding carboxylic acids is 1. The lowest BCUT2D eigenvalue weighted by molar-refractivity contribution is 0.0608. The number of fused-ring (bicyclic) bond motifs is 1. The third-order valence-corrected chi connectivity index (χ3v) is 5.40. The van der Waals surface area contributed by atoms with Gasteiger partial charge in [0.25, 0.3) is 5.91 Å². The fourth-order valence-corrected chi connectivity index (χ4v) is 3.71. The van der Waals surface area contributed by atoms with Crippen LogP contribution in [-0.2, 0) is 6.42 Å². The van der Waals surface area contributed by atoms with Gasteiger partial charge >= 0.3 is 0 Å². The van der Waals surface area contributed by atoms with Crippen molar-refractivity contribution in [1.29, 1.82) is 0 Å². The Morgan fingerprint density at radius 1 is 1.18 bits per heavy atom. The van der Waals surface area contributed by atoms with Gasteiger partial charge < -0.3 is 9.32 Å². The second kappa shape index (κ2) is 8.95. The molecule has 7 heteroatoms. The monoisotopic (exact) mass is 419 g/mol. The van der Waals surface area contributed by atoms with Gasteiger partial charge in [-0.1, -0.05) is 17.7 Å². The second-order valence-corrected chi connectivity index (χ2v) is 7.34. The summed E-state index contributed by atoms with van der Waals surface area (Å²) in [6.07, 6.45) is 2.76. The topological polar surface area (TPSA) is 49.6 Å². The summed E-state index contributed by atoms with van der Waals surface area (Å²) in [4.78, 5) is 21.6. The number of benzene rings is 1. The van der Waals surface area contributed by atoms with Gasteiger partial charge in [-0.25, -0.2) is 0 Å². The molecule has 5 nitrogen and oxygen atoms in total. The summed E-state index contributed by atoms with van der Waals surface area (Å²) in [7, 11) is 0. The van der Waals surface area contributed by atoms with E-state index >= 15 is 0 Å². The third-order valence-electron chi connectivity index (χ3n) is 5.16. The van der Waals surface area contributed by atoms with Crippen LogP contribution in [0.4, 0.5) is 0 Å². The zero-order chi connectivity index (χ0) is 18.8. The quantitative estimate of drug-likeness (QED) is 0.635. The van der Waals surface area contributed by atoms with Crippen LogP contribution < -0.4 is 0 Å². The average molecular weight is 420 g/mol. The Morgan fingerprint density at radius 3 is 2.68 bits per heavy atom. The first-order chi connectivity index (χ1) is 13.1. The number of amides is 1. The zero-order valence-corrected chi connectivity index (χ0v) is 17.3. The number of rotatable bonds is 4. The van der Waals surface area contributed by atoms with Crippen LogP contribution in [0.2, 0.25) is 5.02 Å². The molecule has 4 rings (SSSR count). The molecular weight excluding hydrogens is 397 g/mol. The van der Waals surface area contributed by atoms with Crippen LogP contribution in [0.3, 0.4) is 0 Å². The number of piperazine rings is 1. The summed E-state index contributed by atoms with van der Waals surface area (Å²) in [6.45, 7) is 6.02. The van der Waals surface area contributed by atoms with E-state index in [0.717, 1.165) is 42.7 Å². The van der Waals surface area contributed by atoms with Crippen molar-refractivity contribution in [2.75, 3.05) is 32.7 Å². The molecule has 3 aromatic rings. The molecule has 2 aromatic heterocycles. The zero-order valence-electron chi connectivity index (χ0n) is 15.7. The molecule has 0 radical (unpaired) electrons. The van der Waals surface area contributed by atoms with E-state index in [-0.39, 0.29) is 18.3 Å². The Morgan fingerprint density at radius 2 is 1.96 bits per heavy atom. The molecule has 0 bridgehead atoms. The summed E-state index contributed by atoms with van der Waals surface area (Å²) >= 11 is 6.07. The van der Waals surface area contributed by atoms with Gasteiger partial charge in [0.1, 0.15) is 5.58 Å². The van der Waals surface area contributed by atoms with Gasteiger partial charge in [0, 0.05) is 67.0 Å². The number of hydrogen-bond acceptors (Lipinski definition) is 4. The molecule has 0 spiro atoms. The van der Waals surface area contributed by atoms with E-state index in [2.05, 4.69) is 16.0 Å². The van der Waals surface area contributed by atoms with Crippen molar-refractivity contribution in [1.82, 2.24) is 14.8 Å². The van der Waals surface area contributed by atoms with Crippen molar-refractivity contribution in [3.8, 4) is 0 Å². The fourth-order valence-electron chi connectivity index (χ4n) is 3.53. The normalized spacial score (nSPS) is 14.9. The molecular formula is C21H23Cl2N3O2. The average Bonchev–Trinajstić information content (AvgIpc) is 3.03. The highest BCUT2D eigenvalue weighted by Crippen LogP contribution is 2.28. The molecule has 28 heavy (non-hydrogen) atoms. The molecule has 0 saturated carbocycles.